The molecule has 2 aromatic rings. The summed E-state index contributed by atoms with van der Waals surface area (Å²) in [6.07, 6.45) is 5.86. The maximum Gasteiger partial charge on any atom is 0.336 e. The Balaban J connectivity index is 0.000000300. The first-order chi connectivity index (χ1) is 11.3. The smallest absolute Gasteiger partial charge is 0.336 e. The maximum absolute atomic E-state index is 11.1. The van der Waals surface area contributed by atoms with Gasteiger partial charge in [-0.2, -0.15) is 0 Å². The number of hydrogen-bond donors (Lipinski definition) is 3. The average Bonchev–Trinajstić information content (AvgIpc) is 3.00. The Morgan fingerprint density at radius 3 is 2.00 bits per heavy atom. The van der Waals surface area contributed by atoms with E-state index in [2.05, 4.69) is 16.9 Å². The van der Waals surface area contributed by atoms with Crippen LogP contribution in [-0.4, -0.2) is 37.9 Å². The number of aromatic amines is 1. The van der Waals surface area contributed by atoms with Gasteiger partial charge in [0.15, 0.2) is 5.78 Å². The molecule has 0 aliphatic heterocycles. The molecule has 1 aromatic heterocycles. The van der Waals surface area contributed by atoms with Gasteiger partial charge in [0, 0.05) is 24.4 Å². The van der Waals surface area contributed by atoms with E-state index in [-0.39, 0.29) is 28.0 Å². The van der Waals surface area contributed by atoms with Gasteiger partial charge in [-0.25, -0.2) is 14.6 Å². The van der Waals surface area contributed by atoms with E-state index in [9.17, 15) is 14.4 Å². The van der Waals surface area contributed by atoms with E-state index < -0.39 is 11.9 Å². The molecule has 0 radical (unpaired) electrons. The first-order valence-electron chi connectivity index (χ1n) is 7.38. The molecule has 1 heterocycles. The van der Waals surface area contributed by atoms with Crippen molar-refractivity contribution in [2.45, 2.75) is 33.6 Å². The summed E-state index contributed by atoms with van der Waals surface area (Å²) in [6.45, 7) is 4.79. The van der Waals surface area contributed by atoms with Gasteiger partial charge < -0.3 is 15.2 Å². The number of carbonyl (C=O) groups is 3. The van der Waals surface area contributed by atoms with E-state index in [4.69, 9.17) is 10.2 Å². The molecule has 0 aliphatic carbocycles. The number of aromatic carboxylic acids is 2. The highest BCUT2D eigenvalue weighted by atomic mass is 16.4. The number of H-pyrrole nitrogens is 1. The van der Waals surface area contributed by atoms with Crippen molar-refractivity contribution in [1.29, 1.82) is 0 Å². The number of aryl methyl sites for hydroxylation is 1. The molecular weight excluding hydrogens is 312 g/mol. The number of imidazole rings is 1. The summed E-state index contributed by atoms with van der Waals surface area (Å²) < 4.78 is 0. The molecule has 7 nitrogen and oxygen atoms in total. The lowest BCUT2D eigenvalue weighted by Crippen LogP contribution is -2.10. The van der Waals surface area contributed by atoms with Crippen molar-refractivity contribution in [1.82, 2.24) is 9.97 Å². The van der Waals surface area contributed by atoms with Gasteiger partial charge in [-0.15, -0.1) is 0 Å². The van der Waals surface area contributed by atoms with Crippen LogP contribution in [0.1, 0.15) is 62.7 Å². The predicted molar refractivity (Wildman–Crippen MR) is 87.7 cm³/mol. The normalized spacial score (nSPS) is 9.79. The number of nitrogens with one attached hydrogen (secondary N) is 1. The summed E-state index contributed by atoms with van der Waals surface area (Å²) in [5.74, 6) is -1.77. The Hall–Kier alpha value is -2.96. The zero-order valence-corrected chi connectivity index (χ0v) is 13.8. The number of benzene rings is 1. The molecule has 24 heavy (non-hydrogen) atoms. The van der Waals surface area contributed by atoms with Gasteiger partial charge in [0.25, 0.3) is 0 Å². The molecule has 0 saturated carbocycles. The quantitative estimate of drug-likeness (QED) is 0.724. The lowest BCUT2D eigenvalue weighted by atomic mass is 9.97. The van der Waals surface area contributed by atoms with Crippen LogP contribution in [-0.2, 0) is 6.42 Å². The average molecular weight is 332 g/mol. The molecule has 0 atom stereocenters. The molecule has 1 aromatic carbocycles. The number of carboxylic acid groups (broad SMARTS) is 2. The molecule has 7 heteroatoms. The van der Waals surface area contributed by atoms with Crippen LogP contribution in [0.2, 0.25) is 0 Å². The fraction of sp³-hybridized carbons (Fsp3) is 0.294. The standard InChI is InChI=1S/C11H10O5.C6H10N2/c1-5-8(10(13)14)3-7(6(2)12)4-9(5)11(15)16;1-2-3-6-7-4-5-8-6/h3-4H,1-2H3,(H,13,14)(H,15,16);4-5H,2-3H2,1H3,(H,7,8). The van der Waals surface area contributed by atoms with Crippen molar-refractivity contribution < 1.29 is 24.6 Å². The Kier molecular flexibility index (Phi) is 6.85. The summed E-state index contributed by atoms with van der Waals surface area (Å²) in [7, 11) is 0. The highest BCUT2D eigenvalue weighted by Gasteiger charge is 2.18. The van der Waals surface area contributed by atoms with Crippen molar-refractivity contribution in [3.63, 3.8) is 0 Å². The molecule has 0 aliphatic rings. The number of carboxylic acids is 2. The van der Waals surface area contributed by atoms with Crippen molar-refractivity contribution in [3.8, 4) is 0 Å². The molecule has 2 rings (SSSR count). The zero-order chi connectivity index (χ0) is 18.3. The predicted octanol–water partition coefficient (Wildman–Crippen LogP) is 2.96. The minimum atomic E-state index is -1.25. The van der Waals surface area contributed by atoms with Crippen LogP contribution in [0, 0.1) is 6.92 Å². The maximum atomic E-state index is 11.1. The second-order valence-corrected chi connectivity index (χ2v) is 5.15. The van der Waals surface area contributed by atoms with Gasteiger partial charge >= 0.3 is 11.9 Å². The Morgan fingerprint density at radius 1 is 1.12 bits per heavy atom. The first-order valence-corrected chi connectivity index (χ1v) is 7.38. The Bertz CT molecular complexity index is 700. The fourth-order valence-electron chi connectivity index (χ4n) is 2.03. The summed E-state index contributed by atoms with van der Waals surface area (Å²) in [5, 5.41) is 17.7. The lowest BCUT2D eigenvalue weighted by Gasteiger charge is -2.07. The molecule has 0 spiro atoms. The van der Waals surface area contributed by atoms with E-state index in [0.717, 1.165) is 18.7 Å². The highest BCUT2D eigenvalue weighted by molar-refractivity contribution is 6.02. The minimum absolute atomic E-state index is 0.0837. The number of hydrogen-bond acceptors (Lipinski definition) is 4. The number of ketones is 1. The number of rotatable bonds is 5. The van der Waals surface area contributed by atoms with E-state index in [0.29, 0.717) is 0 Å². The summed E-state index contributed by atoms with van der Waals surface area (Å²) in [6, 6.07) is 2.37. The SMILES string of the molecule is CC(=O)c1cc(C(=O)O)c(C)c(C(=O)O)c1.CCCc1ncc[nH]1. The number of Topliss-reactive ketones (excluding diaryl/α,β-unsaturated/α-hetero) is 1. The molecule has 0 bridgehead atoms. The van der Waals surface area contributed by atoms with Crippen LogP contribution >= 0.6 is 0 Å². The number of carbonyl (C=O) groups excluding carboxylic acids is 1. The second-order valence-electron chi connectivity index (χ2n) is 5.15. The van der Waals surface area contributed by atoms with E-state index in [1.807, 2.05) is 6.20 Å². The molecule has 0 unspecified atom stereocenters. The third-order valence-corrected chi connectivity index (χ3v) is 3.32. The van der Waals surface area contributed by atoms with E-state index in [1.54, 1.807) is 6.20 Å². The monoisotopic (exact) mass is 332 g/mol. The highest BCUT2D eigenvalue weighted by Crippen LogP contribution is 2.18. The van der Waals surface area contributed by atoms with E-state index >= 15 is 0 Å². The largest absolute Gasteiger partial charge is 0.478 e. The van der Waals surface area contributed by atoms with Crippen LogP contribution in [0.25, 0.3) is 0 Å². The summed E-state index contributed by atoms with van der Waals surface area (Å²) >= 11 is 0. The Morgan fingerprint density at radius 2 is 1.67 bits per heavy atom. The summed E-state index contributed by atoms with van der Waals surface area (Å²) in [4.78, 5) is 39.9. The molecule has 0 saturated heterocycles. The lowest BCUT2D eigenvalue weighted by molar-refractivity contribution is 0.0696. The molecule has 128 valence electrons. The van der Waals surface area contributed by atoms with Gasteiger partial charge in [-0.1, -0.05) is 6.92 Å². The first kappa shape index (κ1) is 19.1. The van der Waals surface area contributed by atoms with Crippen LogP contribution in [0.4, 0.5) is 0 Å². The van der Waals surface area contributed by atoms with Crippen molar-refractivity contribution in [3.05, 3.63) is 52.6 Å². The third kappa shape index (κ3) is 5.05. The second kappa shape index (κ2) is 8.61. The number of nitrogens with zero attached hydrogens (tertiary/aromatic N) is 1. The topological polar surface area (TPSA) is 120 Å². The van der Waals surface area contributed by atoms with Crippen molar-refractivity contribution in [2.24, 2.45) is 0 Å². The minimum Gasteiger partial charge on any atom is -0.478 e. The molecule has 3 N–H and O–H groups in total. The van der Waals surface area contributed by atoms with Crippen molar-refractivity contribution in [2.75, 3.05) is 0 Å². The van der Waals surface area contributed by atoms with Crippen molar-refractivity contribution >= 4 is 17.7 Å². The zero-order valence-electron chi connectivity index (χ0n) is 13.8. The Labute approximate surface area is 139 Å². The summed E-state index contributed by atoms with van der Waals surface area (Å²) in [5.41, 5.74) is -0.0967. The van der Waals surface area contributed by atoms with Crippen LogP contribution in [0.5, 0.6) is 0 Å². The van der Waals surface area contributed by atoms with Crippen LogP contribution in [0.3, 0.4) is 0 Å². The molecule has 0 fully saturated rings. The molecular formula is C17H20N2O5. The third-order valence-electron chi connectivity index (χ3n) is 3.32. The van der Waals surface area contributed by atoms with E-state index in [1.165, 1.54) is 26.0 Å². The van der Waals surface area contributed by atoms with Gasteiger partial charge in [0.1, 0.15) is 5.82 Å². The van der Waals surface area contributed by atoms with Crippen LogP contribution < -0.4 is 0 Å². The van der Waals surface area contributed by atoms with Gasteiger partial charge in [0.05, 0.1) is 11.1 Å². The van der Waals surface area contributed by atoms with Crippen LogP contribution in [0.15, 0.2) is 24.5 Å². The van der Waals surface area contributed by atoms with Gasteiger partial charge in [0.2, 0.25) is 0 Å². The fourth-order valence-corrected chi connectivity index (χ4v) is 2.03. The molecule has 0 amide bonds. The number of aromatic nitrogens is 2. The van der Waals surface area contributed by atoms with Gasteiger partial charge in [-0.05, 0) is 38.0 Å². The van der Waals surface area contributed by atoms with Gasteiger partial charge in [-0.3, -0.25) is 4.79 Å².